The minimum absolute atomic E-state index is 0.137. The Balaban J connectivity index is 2.93. The maximum Gasteiger partial charge on any atom is 0.408 e. The van der Waals surface area contributed by atoms with Gasteiger partial charge < -0.3 is 25.6 Å². The van der Waals surface area contributed by atoms with Crippen molar-refractivity contribution in [3.05, 3.63) is 35.9 Å². The molecule has 3 unspecified atom stereocenters. The summed E-state index contributed by atoms with van der Waals surface area (Å²) in [6.07, 6.45) is -1.95. The highest BCUT2D eigenvalue weighted by Crippen LogP contribution is 2.09. The highest BCUT2D eigenvalue weighted by Gasteiger charge is 2.30. The molecule has 144 valence electrons. The van der Waals surface area contributed by atoms with E-state index in [4.69, 9.17) is 9.84 Å². The molecule has 0 aliphatic rings. The number of nitrogens with one attached hydrogen (secondary N) is 2. The molecule has 1 rings (SSSR count). The zero-order chi connectivity index (χ0) is 19.9. The van der Waals surface area contributed by atoms with E-state index in [1.165, 1.54) is 6.92 Å². The molecule has 0 fully saturated rings. The second-order valence-corrected chi connectivity index (χ2v) is 6.95. The van der Waals surface area contributed by atoms with Crippen molar-refractivity contribution < 1.29 is 29.3 Å². The highest BCUT2D eigenvalue weighted by molar-refractivity contribution is 5.89. The van der Waals surface area contributed by atoms with E-state index in [2.05, 4.69) is 10.6 Å². The Kier molecular flexibility index (Phi) is 7.57. The van der Waals surface area contributed by atoms with Gasteiger partial charge in [-0.2, -0.15) is 0 Å². The molecule has 0 aromatic heterocycles. The number of carboxylic acids is 1. The standard InChI is InChI=1S/C18H26N2O6/c1-11(21)14(16(23)24)20-15(22)13(10-12-8-6-5-7-9-12)19-17(25)26-18(2,3)4/h5-9,11,13-14,21H,10H2,1-4H3,(H,19,25)(H,20,22)(H,23,24). The van der Waals surface area contributed by atoms with Crippen molar-refractivity contribution in [1.82, 2.24) is 10.6 Å². The summed E-state index contributed by atoms with van der Waals surface area (Å²) >= 11 is 0. The quantitative estimate of drug-likeness (QED) is 0.572. The zero-order valence-electron chi connectivity index (χ0n) is 15.4. The van der Waals surface area contributed by atoms with Crippen LogP contribution in [0.25, 0.3) is 0 Å². The summed E-state index contributed by atoms with van der Waals surface area (Å²) in [5.41, 5.74) is 0.0220. The first kappa shape index (κ1) is 21.4. The van der Waals surface area contributed by atoms with E-state index < -0.39 is 41.8 Å². The number of carbonyl (C=O) groups excluding carboxylic acids is 2. The number of carboxylic acid groups (broad SMARTS) is 1. The number of benzene rings is 1. The Hall–Kier alpha value is -2.61. The lowest BCUT2D eigenvalue weighted by molar-refractivity contribution is -0.145. The second kappa shape index (κ2) is 9.19. The van der Waals surface area contributed by atoms with Crippen LogP contribution in [0.1, 0.15) is 33.3 Å². The third-order valence-electron chi connectivity index (χ3n) is 3.34. The third-order valence-corrected chi connectivity index (χ3v) is 3.34. The number of aliphatic hydroxyl groups excluding tert-OH is 1. The maximum absolute atomic E-state index is 12.5. The molecule has 0 heterocycles. The number of carbonyl (C=O) groups is 3. The Morgan fingerprint density at radius 1 is 1.12 bits per heavy atom. The predicted octanol–water partition coefficient (Wildman–Crippen LogP) is 1.07. The van der Waals surface area contributed by atoms with Crippen molar-refractivity contribution in [2.24, 2.45) is 0 Å². The Morgan fingerprint density at radius 3 is 2.15 bits per heavy atom. The summed E-state index contributed by atoms with van der Waals surface area (Å²) in [6, 6.07) is 6.39. The molecule has 1 aromatic rings. The van der Waals surface area contributed by atoms with Crippen LogP contribution in [0.15, 0.2) is 30.3 Å². The van der Waals surface area contributed by atoms with E-state index in [-0.39, 0.29) is 6.42 Å². The molecule has 0 spiro atoms. The summed E-state index contributed by atoms with van der Waals surface area (Å²) in [5.74, 6) is -2.10. The number of aliphatic hydroxyl groups is 1. The largest absolute Gasteiger partial charge is 0.480 e. The summed E-state index contributed by atoms with van der Waals surface area (Å²) in [6.45, 7) is 6.32. The lowest BCUT2D eigenvalue weighted by Crippen LogP contribution is -2.55. The van der Waals surface area contributed by atoms with Gasteiger partial charge in [-0.05, 0) is 33.3 Å². The van der Waals surface area contributed by atoms with Gasteiger partial charge in [0.2, 0.25) is 5.91 Å². The highest BCUT2D eigenvalue weighted by atomic mass is 16.6. The Bertz CT molecular complexity index is 624. The SMILES string of the molecule is CC(O)C(NC(=O)C(Cc1ccccc1)NC(=O)OC(C)(C)C)C(=O)O. The first-order valence-corrected chi connectivity index (χ1v) is 8.24. The topological polar surface area (TPSA) is 125 Å². The molecule has 0 aliphatic heterocycles. The van der Waals surface area contributed by atoms with Crippen LogP contribution in [-0.2, 0) is 20.7 Å². The van der Waals surface area contributed by atoms with Gasteiger partial charge in [0.15, 0.2) is 6.04 Å². The third kappa shape index (κ3) is 7.52. The molecule has 8 nitrogen and oxygen atoms in total. The van der Waals surface area contributed by atoms with Crippen molar-refractivity contribution in [3.63, 3.8) is 0 Å². The number of ether oxygens (including phenoxy) is 1. The number of aliphatic carboxylic acids is 1. The van der Waals surface area contributed by atoms with Crippen molar-refractivity contribution in [3.8, 4) is 0 Å². The first-order valence-electron chi connectivity index (χ1n) is 8.24. The van der Waals surface area contributed by atoms with Crippen LogP contribution >= 0.6 is 0 Å². The molecular weight excluding hydrogens is 340 g/mol. The smallest absolute Gasteiger partial charge is 0.408 e. The van der Waals surface area contributed by atoms with Crippen molar-refractivity contribution >= 4 is 18.0 Å². The van der Waals surface area contributed by atoms with Gasteiger partial charge in [-0.1, -0.05) is 30.3 Å². The van der Waals surface area contributed by atoms with E-state index >= 15 is 0 Å². The molecule has 0 bridgehead atoms. The summed E-state index contributed by atoms with van der Waals surface area (Å²) in [5, 5.41) is 23.3. The lowest BCUT2D eigenvalue weighted by Gasteiger charge is -2.25. The molecule has 4 N–H and O–H groups in total. The number of alkyl carbamates (subject to hydrolysis) is 1. The molecular formula is C18H26N2O6. The zero-order valence-corrected chi connectivity index (χ0v) is 15.4. The minimum Gasteiger partial charge on any atom is -0.480 e. The fourth-order valence-electron chi connectivity index (χ4n) is 2.15. The van der Waals surface area contributed by atoms with Crippen LogP contribution in [0, 0.1) is 0 Å². The average Bonchev–Trinajstić information content (AvgIpc) is 2.50. The van der Waals surface area contributed by atoms with Crippen LogP contribution in [-0.4, -0.2) is 52.0 Å². The summed E-state index contributed by atoms with van der Waals surface area (Å²) in [4.78, 5) is 35.7. The van der Waals surface area contributed by atoms with Crippen LogP contribution in [0.2, 0.25) is 0 Å². The lowest BCUT2D eigenvalue weighted by atomic mass is 10.0. The maximum atomic E-state index is 12.5. The molecule has 26 heavy (non-hydrogen) atoms. The predicted molar refractivity (Wildman–Crippen MR) is 94.6 cm³/mol. The molecule has 0 saturated carbocycles. The van der Waals surface area contributed by atoms with Gasteiger partial charge in [-0.3, -0.25) is 4.79 Å². The molecule has 2 amide bonds. The van der Waals surface area contributed by atoms with E-state index in [1.807, 2.05) is 6.07 Å². The minimum atomic E-state index is -1.48. The van der Waals surface area contributed by atoms with Gasteiger partial charge in [-0.15, -0.1) is 0 Å². The molecule has 1 aromatic carbocycles. The summed E-state index contributed by atoms with van der Waals surface area (Å²) in [7, 11) is 0. The number of hydrogen-bond acceptors (Lipinski definition) is 5. The van der Waals surface area contributed by atoms with Gasteiger partial charge in [0.25, 0.3) is 0 Å². The van der Waals surface area contributed by atoms with E-state index in [9.17, 15) is 19.5 Å². The van der Waals surface area contributed by atoms with Crippen molar-refractivity contribution in [1.29, 1.82) is 0 Å². The van der Waals surface area contributed by atoms with E-state index in [0.29, 0.717) is 0 Å². The van der Waals surface area contributed by atoms with E-state index in [0.717, 1.165) is 5.56 Å². The van der Waals surface area contributed by atoms with Crippen LogP contribution in [0.5, 0.6) is 0 Å². The number of rotatable bonds is 7. The van der Waals surface area contributed by atoms with Gasteiger partial charge in [-0.25, -0.2) is 9.59 Å². The molecule has 0 saturated heterocycles. The van der Waals surface area contributed by atoms with Crippen molar-refractivity contribution in [2.45, 2.75) is 57.9 Å². The molecule has 3 atom stereocenters. The Morgan fingerprint density at radius 2 is 1.69 bits per heavy atom. The molecule has 8 heteroatoms. The van der Waals surface area contributed by atoms with Gasteiger partial charge in [0.05, 0.1) is 6.10 Å². The van der Waals surface area contributed by atoms with Gasteiger partial charge in [0, 0.05) is 6.42 Å². The fraction of sp³-hybridized carbons (Fsp3) is 0.500. The van der Waals surface area contributed by atoms with Crippen LogP contribution in [0.4, 0.5) is 4.79 Å². The second-order valence-electron chi connectivity index (χ2n) is 6.95. The normalized spacial score (nSPS) is 14.7. The molecule has 0 aliphatic carbocycles. The Labute approximate surface area is 152 Å². The van der Waals surface area contributed by atoms with Gasteiger partial charge in [0.1, 0.15) is 11.6 Å². The van der Waals surface area contributed by atoms with Gasteiger partial charge >= 0.3 is 12.1 Å². The van der Waals surface area contributed by atoms with Crippen LogP contribution < -0.4 is 10.6 Å². The van der Waals surface area contributed by atoms with Crippen LogP contribution in [0.3, 0.4) is 0 Å². The number of amides is 2. The van der Waals surface area contributed by atoms with E-state index in [1.54, 1.807) is 45.0 Å². The molecule has 0 radical (unpaired) electrons. The monoisotopic (exact) mass is 366 g/mol. The fourth-order valence-corrected chi connectivity index (χ4v) is 2.15. The number of hydrogen-bond donors (Lipinski definition) is 4. The van der Waals surface area contributed by atoms with Crippen molar-refractivity contribution in [2.75, 3.05) is 0 Å². The summed E-state index contributed by atoms with van der Waals surface area (Å²) < 4.78 is 5.16. The average molecular weight is 366 g/mol. The first-order chi connectivity index (χ1) is 12.0.